The highest BCUT2D eigenvalue weighted by molar-refractivity contribution is 9.10. The number of rotatable bonds is 2. The molecule has 0 N–H and O–H groups in total. The van der Waals surface area contributed by atoms with Gasteiger partial charge in [0.1, 0.15) is 5.75 Å². The second-order valence-electron chi connectivity index (χ2n) is 4.83. The summed E-state index contributed by atoms with van der Waals surface area (Å²) in [6.07, 6.45) is 0. The molecule has 3 rings (SSSR count). The van der Waals surface area contributed by atoms with Gasteiger partial charge in [-0.25, -0.2) is 9.48 Å². The maximum absolute atomic E-state index is 12.0. The van der Waals surface area contributed by atoms with Crippen molar-refractivity contribution in [3.05, 3.63) is 61.7 Å². The fourth-order valence-corrected chi connectivity index (χ4v) is 2.48. The van der Waals surface area contributed by atoms with Crippen molar-refractivity contribution in [2.75, 3.05) is 0 Å². The van der Waals surface area contributed by atoms with Crippen molar-refractivity contribution >= 4 is 26.7 Å². The molecule has 112 valence electrons. The Kier molecular flexibility index (Phi) is 3.58. The average Bonchev–Trinajstić information content (AvgIpc) is 2.50. The predicted octanol–water partition coefficient (Wildman–Crippen LogP) is 2.19. The van der Waals surface area contributed by atoms with E-state index < -0.39 is 11.2 Å². The minimum Gasteiger partial charge on any atom is -0.434 e. The first-order chi connectivity index (χ1) is 10.5. The lowest BCUT2D eigenvalue weighted by Crippen LogP contribution is -2.38. The van der Waals surface area contributed by atoms with E-state index in [9.17, 15) is 9.59 Å². The van der Waals surface area contributed by atoms with E-state index in [0.29, 0.717) is 5.75 Å². The zero-order valence-corrected chi connectivity index (χ0v) is 13.5. The Hall–Kier alpha value is -2.41. The van der Waals surface area contributed by atoms with Gasteiger partial charge in [-0.1, -0.05) is 28.1 Å². The van der Waals surface area contributed by atoms with E-state index in [1.165, 1.54) is 14.1 Å². The molecular formula is C15H12BrN3O3. The van der Waals surface area contributed by atoms with Crippen LogP contribution in [0.1, 0.15) is 0 Å². The van der Waals surface area contributed by atoms with Crippen LogP contribution in [0.15, 0.2) is 50.5 Å². The number of aryl methyl sites for hydroxylation is 1. The molecule has 2 aromatic carbocycles. The lowest BCUT2D eigenvalue weighted by atomic mass is 10.1. The average molecular weight is 362 g/mol. The molecule has 0 saturated heterocycles. The van der Waals surface area contributed by atoms with E-state index in [1.807, 2.05) is 30.3 Å². The van der Waals surface area contributed by atoms with Gasteiger partial charge in [0.15, 0.2) is 0 Å². The highest BCUT2D eigenvalue weighted by Crippen LogP contribution is 2.25. The number of aromatic nitrogens is 3. The molecule has 3 aromatic rings. The van der Waals surface area contributed by atoms with E-state index in [0.717, 1.165) is 24.5 Å². The molecular weight excluding hydrogens is 350 g/mol. The third-order valence-electron chi connectivity index (χ3n) is 3.28. The number of ether oxygens (including phenoxy) is 1. The van der Waals surface area contributed by atoms with Crippen LogP contribution in [-0.4, -0.2) is 14.3 Å². The number of hydrogen-bond donors (Lipinski definition) is 0. The molecule has 22 heavy (non-hydrogen) atoms. The molecule has 0 saturated carbocycles. The largest absolute Gasteiger partial charge is 0.434 e. The van der Waals surface area contributed by atoms with Gasteiger partial charge in [-0.05, 0) is 35.0 Å². The Bertz CT molecular complexity index is 991. The van der Waals surface area contributed by atoms with Crippen LogP contribution in [0.4, 0.5) is 0 Å². The van der Waals surface area contributed by atoms with Crippen LogP contribution < -0.4 is 16.0 Å². The minimum absolute atomic E-state index is 0.138. The Balaban J connectivity index is 2.05. The van der Waals surface area contributed by atoms with E-state index >= 15 is 0 Å². The summed E-state index contributed by atoms with van der Waals surface area (Å²) >= 11 is 3.42. The standard InChI is InChI=1S/C15H12BrN3O3/c1-18-14(20)13(17-19(2)15(18)21)22-12-6-4-9-7-11(16)5-3-10(9)8-12/h3-8H,1-2H3. The summed E-state index contributed by atoms with van der Waals surface area (Å²) in [7, 11) is 2.85. The first kappa shape index (κ1) is 14.5. The van der Waals surface area contributed by atoms with Gasteiger partial charge in [-0.3, -0.25) is 9.36 Å². The zero-order valence-electron chi connectivity index (χ0n) is 11.9. The Morgan fingerprint density at radius 3 is 2.50 bits per heavy atom. The van der Waals surface area contributed by atoms with Crippen molar-refractivity contribution in [1.29, 1.82) is 0 Å². The van der Waals surface area contributed by atoms with Crippen molar-refractivity contribution in [3.8, 4) is 11.6 Å². The van der Waals surface area contributed by atoms with Crippen molar-refractivity contribution in [3.63, 3.8) is 0 Å². The fraction of sp³-hybridized carbons (Fsp3) is 0.133. The highest BCUT2D eigenvalue weighted by atomic mass is 79.9. The van der Waals surface area contributed by atoms with E-state index in [-0.39, 0.29) is 5.88 Å². The summed E-state index contributed by atoms with van der Waals surface area (Å²) in [5, 5.41) is 5.88. The SMILES string of the molecule is Cn1nc(Oc2ccc3cc(Br)ccc3c2)c(=O)n(C)c1=O. The Morgan fingerprint density at radius 1 is 1.05 bits per heavy atom. The first-order valence-corrected chi connectivity index (χ1v) is 7.26. The van der Waals surface area contributed by atoms with Crippen LogP contribution >= 0.6 is 15.9 Å². The number of fused-ring (bicyclic) bond motifs is 1. The predicted molar refractivity (Wildman–Crippen MR) is 86.4 cm³/mol. The zero-order chi connectivity index (χ0) is 15.9. The van der Waals surface area contributed by atoms with E-state index in [1.54, 1.807) is 6.07 Å². The van der Waals surface area contributed by atoms with Gasteiger partial charge in [0, 0.05) is 18.6 Å². The summed E-state index contributed by atoms with van der Waals surface area (Å²) in [6.45, 7) is 0. The molecule has 0 fully saturated rings. The fourth-order valence-electron chi connectivity index (χ4n) is 2.10. The van der Waals surface area contributed by atoms with Crippen molar-refractivity contribution in [2.24, 2.45) is 14.1 Å². The summed E-state index contributed by atoms with van der Waals surface area (Å²) in [4.78, 5) is 23.6. The normalized spacial score (nSPS) is 10.9. The molecule has 6 nitrogen and oxygen atoms in total. The molecule has 0 unspecified atom stereocenters. The number of benzene rings is 2. The van der Waals surface area contributed by atoms with Crippen LogP contribution in [0.3, 0.4) is 0 Å². The second kappa shape index (κ2) is 5.42. The maximum Gasteiger partial charge on any atom is 0.347 e. The number of nitrogens with zero attached hydrogens (tertiary/aromatic N) is 3. The molecule has 1 heterocycles. The van der Waals surface area contributed by atoms with Gasteiger partial charge < -0.3 is 4.74 Å². The third kappa shape index (κ3) is 2.55. The van der Waals surface area contributed by atoms with Gasteiger partial charge in [0.25, 0.3) is 0 Å². The molecule has 0 amide bonds. The maximum atomic E-state index is 12.0. The Labute approximate surface area is 133 Å². The van der Waals surface area contributed by atoms with Crippen LogP contribution in [-0.2, 0) is 14.1 Å². The first-order valence-electron chi connectivity index (χ1n) is 6.47. The quantitative estimate of drug-likeness (QED) is 0.701. The van der Waals surface area contributed by atoms with Crippen molar-refractivity contribution in [1.82, 2.24) is 14.3 Å². The monoisotopic (exact) mass is 361 g/mol. The van der Waals surface area contributed by atoms with Crippen molar-refractivity contribution < 1.29 is 4.74 Å². The van der Waals surface area contributed by atoms with Crippen LogP contribution in [0, 0.1) is 0 Å². The topological polar surface area (TPSA) is 66.1 Å². The second-order valence-corrected chi connectivity index (χ2v) is 5.75. The van der Waals surface area contributed by atoms with Gasteiger partial charge in [0.05, 0.1) is 0 Å². The lowest BCUT2D eigenvalue weighted by Gasteiger charge is -2.08. The van der Waals surface area contributed by atoms with Crippen molar-refractivity contribution in [2.45, 2.75) is 0 Å². The van der Waals surface area contributed by atoms with Crippen LogP contribution in [0.2, 0.25) is 0 Å². The third-order valence-corrected chi connectivity index (χ3v) is 3.77. The number of halogens is 1. The number of hydrogen-bond acceptors (Lipinski definition) is 4. The highest BCUT2D eigenvalue weighted by Gasteiger charge is 2.11. The smallest absolute Gasteiger partial charge is 0.347 e. The van der Waals surface area contributed by atoms with Gasteiger partial charge in [-0.2, -0.15) is 0 Å². The van der Waals surface area contributed by atoms with Gasteiger partial charge >= 0.3 is 17.1 Å². The molecule has 1 aromatic heterocycles. The minimum atomic E-state index is -0.570. The van der Waals surface area contributed by atoms with Crippen LogP contribution in [0.25, 0.3) is 10.8 Å². The van der Waals surface area contributed by atoms with Gasteiger partial charge in [0.2, 0.25) is 0 Å². The molecule has 0 aliphatic heterocycles. The molecule has 7 heteroatoms. The summed E-state index contributed by atoms with van der Waals surface area (Å²) in [5.74, 6) is 0.346. The molecule has 0 radical (unpaired) electrons. The molecule has 0 atom stereocenters. The van der Waals surface area contributed by atoms with E-state index in [2.05, 4.69) is 21.0 Å². The summed E-state index contributed by atoms with van der Waals surface area (Å²) in [6, 6.07) is 11.3. The van der Waals surface area contributed by atoms with Crippen LogP contribution in [0.5, 0.6) is 11.6 Å². The van der Waals surface area contributed by atoms with E-state index in [4.69, 9.17) is 4.74 Å². The molecule has 0 spiro atoms. The summed E-state index contributed by atoms with van der Waals surface area (Å²) < 4.78 is 8.56. The summed E-state index contributed by atoms with van der Waals surface area (Å²) in [5.41, 5.74) is -1.07. The molecule has 0 bridgehead atoms. The lowest BCUT2D eigenvalue weighted by molar-refractivity contribution is 0.415. The van der Waals surface area contributed by atoms with Gasteiger partial charge in [-0.15, -0.1) is 5.10 Å². The molecule has 0 aliphatic carbocycles. The molecule has 0 aliphatic rings. The Morgan fingerprint density at radius 2 is 1.73 bits per heavy atom.